The van der Waals surface area contributed by atoms with Crippen molar-refractivity contribution in [1.82, 2.24) is 4.90 Å². The maximum Gasteiger partial charge on any atom is 0.573 e. The molecule has 0 aromatic heterocycles. The molecule has 2 aliphatic heterocycles. The average molecular weight is 401 g/mol. The highest BCUT2D eigenvalue weighted by molar-refractivity contribution is 5.94. The third kappa shape index (κ3) is 3.83. The van der Waals surface area contributed by atoms with Crippen LogP contribution in [0.2, 0.25) is 0 Å². The molecule has 0 bridgehead atoms. The highest BCUT2D eigenvalue weighted by atomic mass is 19.4. The van der Waals surface area contributed by atoms with Gasteiger partial charge in [0, 0.05) is 24.9 Å². The molecule has 0 saturated heterocycles. The Bertz CT molecular complexity index is 998. The third-order valence-corrected chi connectivity index (χ3v) is 4.97. The van der Waals surface area contributed by atoms with Crippen LogP contribution in [0.15, 0.2) is 48.0 Å². The van der Waals surface area contributed by atoms with E-state index in [9.17, 15) is 18.0 Å². The molecule has 0 aliphatic carbocycles. The molecule has 0 atom stereocenters. The highest BCUT2D eigenvalue weighted by Gasteiger charge is 2.31. The van der Waals surface area contributed by atoms with Crippen LogP contribution in [0.1, 0.15) is 11.1 Å². The molecule has 29 heavy (non-hydrogen) atoms. The number of benzene rings is 2. The summed E-state index contributed by atoms with van der Waals surface area (Å²) < 4.78 is 41.2. The van der Waals surface area contributed by atoms with E-state index in [1.807, 2.05) is 6.07 Å². The lowest BCUT2D eigenvalue weighted by molar-refractivity contribution is -0.274. The van der Waals surface area contributed by atoms with Crippen molar-refractivity contribution >= 4 is 23.5 Å². The Hall–Kier alpha value is -3.29. The number of carbonyl (C=O) groups excluding carboxylic acids is 1. The number of hydrogen-bond acceptors (Lipinski definition) is 4. The third-order valence-electron chi connectivity index (χ3n) is 4.97. The molecule has 1 N–H and O–H groups in total. The van der Waals surface area contributed by atoms with Gasteiger partial charge in [-0.1, -0.05) is 18.7 Å². The van der Waals surface area contributed by atoms with E-state index in [-0.39, 0.29) is 11.7 Å². The summed E-state index contributed by atoms with van der Waals surface area (Å²) in [6.45, 7) is 5.13. The van der Waals surface area contributed by atoms with E-state index in [1.165, 1.54) is 18.2 Å². The van der Waals surface area contributed by atoms with E-state index < -0.39 is 6.36 Å². The van der Waals surface area contributed by atoms with Gasteiger partial charge in [-0.15, -0.1) is 13.2 Å². The first kappa shape index (κ1) is 19.0. The lowest BCUT2D eigenvalue weighted by Crippen LogP contribution is -2.35. The summed E-state index contributed by atoms with van der Waals surface area (Å²) in [4.78, 5) is 18.3. The zero-order valence-electron chi connectivity index (χ0n) is 15.4. The Kier molecular flexibility index (Phi) is 4.77. The molecule has 0 fully saturated rings. The van der Waals surface area contributed by atoms with E-state index in [0.717, 1.165) is 33.6 Å². The van der Waals surface area contributed by atoms with Crippen molar-refractivity contribution in [2.24, 2.45) is 4.99 Å². The molecule has 2 aliphatic rings. The standard InChI is InChI=1S/C21H18F3N3O2/c1-2-18(28)27-10-7-16-14(12-27)11-17(20-19(16)25-8-9-26-20)13-3-5-15(6-4-13)29-21(22,23)24/h2-6,8,11,26H,1,7,9-10,12H2. The fourth-order valence-corrected chi connectivity index (χ4v) is 3.70. The lowest BCUT2D eigenvalue weighted by Gasteiger charge is -2.31. The zero-order chi connectivity index (χ0) is 20.6. The van der Waals surface area contributed by atoms with E-state index in [0.29, 0.717) is 26.1 Å². The molecular weight excluding hydrogens is 383 g/mol. The number of halogens is 3. The van der Waals surface area contributed by atoms with Crippen molar-refractivity contribution in [2.45, 2.75) is 19.3 Å². The first-order chi connectivity index (χ1) is 13.9. The number of nitrogens with one attached hydrogen (secondary N) is 1. The quantitative estimate of drug-likeness (QED) is 0.773. The number of alkyl halides is 3. The van der Waals surface area contributed by atoms with Crippen LogP contribution in [0.4, 0.5) is 24.5 Å². The summed E-state index contributed by atoms with van der Waals surface area (Å²) >= 11 is 0. The molecule has 2 aromatic rings. The fourth-order valence-electron chi connectivity index (χ4n) is 3.70. The van der Waals surface area contributed by atoms with Crippen LogP contribution >= 0.6 is 0 Å². The molecule has 0 saturated carbocycles. The maximum atomic E-state index is 12.4. The smallest absolute Gasteiger partial charge is 0.406 e. The Labute approximate surface area is 165 Å². The number of anilines is 1. The van der Waals surface area contributed by atoms with Gasteiger partial charge in [0.2, 0.25) is 5.91 Å². The van der Waals surface area contributed by atoms with Gasteiger partial charge >= 0.3 is 6.36 Å². The molecule has 4 rings (SSSR count). The van der Waals surface area contributed by atoms with Crippen molar-refractivity contribution in [1.29, 1.82) is 0 Å². The van der Waals surface area contributed by atoms with Gasteiger partial charge in [0.1, 0.15) is 5.75 Å². The van der Waals surface area contributed by atoms with Gasteiger partial charge in [-0.25, -0.2) is 0 Å². The summed E-state index contributed by atoms with van der Waals surface area (Å²) in [7, 11) is 0. The predicted molar refractivity (Wildman–Crippen MR) is 105 cm³/mol. The molecule has 8 heteroatoms. The van der Waals surface area contributed by atoms with E-state index in [2.05, 4.69) is 21.6 Å². The number of rotatable bonds is 3. The summed E-state index contributed by atoms with van der Waals surface area (Å²) in [5.74, 6) is -0.410. The molecule has 5 nitrogen and oxygen atoms in total. The van der Waals surface area contributed by atoms with Crippen molar-refractivity contribution in [3.8, 4) is 16.9 Å². The molecule has 2 aromatic carbocycles. The minimum absolute atomic E-state index is 0.134. The monoisotopic (exact) mass is 401 g/mol. The summed E-state index contributed by atoms with van der Waals surface area (Å²) in [6, 6.07) is 7.71. The second-order valence-electron chi connectivity index (χ2n) is 6.76. The SMILES string of the molecule is C=CC(=O)N1CCc2c(cc(-c3ccc(OC(F)(F)F)cc3)c3c2N=CCN3)C1. The minimum atomic E-state index is -4.73. The van der Waals surface area contributed by atoms with E-state index >= 15 is 0 Å². The largest absolute Gasteiger partial charge is 0.573 e. The van der Waals surface area contributed by atoms with E-state index in [1.54, 1.807) is 23.2 Å². The lowest BCUT2D eigenvalue weighted by atomic mass is 9.90. The molecule has 0 radical (unpaired) electrons. The normalized spacial score (nSPS) is 15.2. The van der Waals surface area contributed by atoms with Crippen molar-refractivity contribution in [2.75, 3.05) is 18.4 Å². The summed E-state index contributed by atoms with van der Waals surface area (Å²) in [5, 5.41) is 3.32. The van der Waals surface area contributed by atoms with Crippen LogP contribution in [-0.2, 0) is 17.8 Å². The van der Waals surface area contributed by atoms with Crippen LogP contribution in [0, 0.1) is 0 Å². The Balaban J connectivity index is 1.75. The fraction of sp³-hybridized carbons (Fsp3) is 0.238. The molecular formula is C21H18F3N3O2. The Morgan fingerprint density at radius 1 is 1.28 bits per heavy atom. The topological polar surface area (TPSA) is 53.9 Å². The van der Waals surface area contributed by atoms with Gasteiger partial charge in [0.15, 0.2) is 0 Å². The summed E-state index contributed by atoms with van der Waals surface area (Å²) in [6.07, 6.45) is -0.976. The number of nitrogens with zero attached hydrogens (tertiary/aromatic N) is 2. The van der Waals surface area contributed by atoms with Gasteiger partial charge in [-0.05, 0) is 47.4 Å². The number of carbonyl (C=O) groups is 1. The van der Waals surface area contributed by atoms with Crippen LogP contribution < -0.4 is 10.1 Å². The van der Waals surface area contributed by atoms with Crippen molar-refractivity contribution < 1.29 is 22.7 Å². The van der Waals surface area contributed by atoms with Gasteiger partial charge in [0.25, 0.3) is 0 Å². The molecule has 1 amide bonds. The highest BCUT2D eigenvalue weighted by Crippen LogP contribution is 2.44. The van der Waals surface area contributed by atoms with Gasteiger partial charge < -0.3 is 15.0 Å². The average Bonchev–Trinajstić information content (AvgIpc) is 2.71. The minimum Gasteiger partial charge on any atom is -0.406 e. The molecule has 2 heterocycles. The maximum absolute atomic E-state index is 12.4. The van der Waals surface area contributed by atoms with Crippen molar-refractivity contribution in [3.05, 3.63) is 54.1 Å². The van der Waals surface area contributed by atoms with Gasteiger partial charge in [0.05, 0.1) is 17.9 Å². The number of amides is 1. The van der Waals surface area contributed by atoms with Crippen LogP contribution in [0.5, 0.6) is 5.75 Å². The molecule has 150 valence electrons. The van der Waals surface area contributed by atoms with Crippen LogP contribution in [-0.4, -0.2) is 36.5 Å². The molecule has 0 spiro atoms. The molecule has 0 unspecified atom stereocenters. The van der Waals surface area contributed by atoms with Crippen LogP contribution in [0.3, 0.4) is 0 Å². The summed E-state index contributed by atoms with van der Waals surface area (Å²) in [5.41, 5.74) is 5.27. The number of fused-ring (bicyclic) bond motifs is 3. The van der Waals surface area contributed by atoms with Gasteiger partial charge in [-0.3, -0.25) is 9.79 Å². The second-order valence-corrected chi connectivity index (χ2v) is 6.76. The Morgan fingerprint density at radius 3 is 2.72 bits per heavy atom. The second kappa shape index (κ2) is 7.27. The first-order valence-electron chi connectivity index (χ1n) is 9.08. The first-order valence-corrected chi connectivity index (χ1v) is 9.08. The van der Waals surface area contributed by atoms with Crippen LogP contribution in [0.25, 0.3) is 11.1 Å². The number of ether oxygens (including phenoxy) is 1. The van der Waals surface area contributed by atoms with Gasteiger partial charge in [-0.2, -0.15) is 0 Å². The van der Waals surface area contributed by atoms with E-state index in [4.69, 9.17) is 0 Å². The number of aliphatic imine (C=N–C) groups is 1. The Morgan fingerprint density at radius 2 is 2.03 bits per heavy atom. The van der Waals surface area contributed by atoms with Crippen molar-refractivity contribution in [3.63, 3.8) is 0 Å². The predicted octanol–water partition coefficient (Wildman–Crippen LogP) is 4.45. The zero-order valence-corrected chi connectivity index (χ0v) is 15.4. The number of hydrogen-bond donors (Lipinski definition) is 1.